The van der Waals surface area contributed by atoms with E-state index in [4.69, 9.17) is 20.0 Å². The van der Waals surface area contributed by atoms with Crippen LogP contribution in [0, 0.1) is 0 Å². The Hall–Kier alpha value is -9.14. The molecule has 0 radical (unpaired) electrons. The fraction of sp³-hybridized carbons (Fsp3) is 0.0645. The highest BCUT2D eigenvalue weighted by Crippen LogP contribution is 2.30. The van der Waals surface area contributed by atoms with Crippen LogP contribution >= 0.6 is 0 Å². The molecule has 0 amide bonds. The fourth-order valence-corrected chi connectivity index (χ4v) is 8.22. The van der Waals surface area contributed by atoms with Crippen molar-refractivity contribution in [3.8, 4) is 67.5 Å². The van der Waals surface area contributed by atoms with Crippen molar-refractivity contribution in [3.05, 3.63) is 251 Å². The number of benzene rings is 9. The molecule has 0 saturated heterocycles. The Labute approximate surface area is 408 Å². The molecular formula is C62H50N4O4. The minimum absolute atomic E-state index is 0.119. The van der Waals surface area contributed by atoms with E-state index in [1.165, 1.54) is 0 Å². The summed E-state index contributed by atoms with van der Waals surface area (Å²) in [7, 11) is 0. The van der Waals surface area contributed by atoms with Crippen molar-refractivity contribution in [3.63, 3.8) is 0 Å². The molecule has 4 N–H and O–H groups in total. The molecule has 0 atom stereocenters. The number of hydrogen-bond donors (Lipinski definition) is 4. The monoisotopic (exact) mass is 914 g/mol. The van der Waals surface area contributed by atoms with Gasteiger partial charge in [-0.05, 0) is 115 Å². The number of nitrogens with zero attached hydrogens (tertiary/aromatic N) is 4. The molecule has 0 aliphatic rings. The summed E-state index contributed by atoms with van der Waals surface area (Å²) in [6, 6.07) is 66.1. The lowest BCUT2D eigenvalue weighted by molar-refractivity contribution is 0.474. The van der Waals surface area contributed by atoms with E-state index in [9.17, 15) is 20.4 Å². The average molecular weight is 915 g/mol. The molecule has 0 heterocycles. The van der Waals surface area contributed by atoms with Gasteiger partial charge in [-0.1, -0.05) is 158 Å². The Morgan fingerprint density at radius 2 is 0.457 bits per heavy atom. The molecule has 9 aromatic rings. The SMILES string of the molecule is Oc1ccc(-c2ccccc2)cc1C=NCc1cc(CN=Cc2cc(-c3ccccc3)ccc2O)c(CN=Cc2cc(-c3ccccc3)ccc2O)cc1CN=Cc1cc(-c2ccccc2)ccc1O. The first-order valence-electron chi connectivity index (χ1n) is 23.0. The molecule has 0 aliphatic carbocycles. The van der Waals surface area contributed by atoms with Crippen LogP contribution in [0.5, 0.6) is 23.0 Å². The highest BCUT2D eigenvalue weighted by molar-refractivity contribution is 5.89. The third kappa shape index (κ3) is 11.5. The summed E-state index contributed by atoms with van der Waals surface area (Å²) in [5.41, 5.74) is 13.8. The maximum atomic E-state index is 10.9. The molecule has 0 fully saturated rings. The quantitative estimate of drug-likeness (QED) is 0.0719. The molecule has 0 aromatic heterocycles. The Balaban J connectivity index is 1.08. The van der Waals surface area contributed by atoms with E-state index < -0.39 is 0 Å². The second kappa shape index (κ2) is 22.1. The number of rotatable bonds is 16. The Morgan fingerprint density at radius 3 is 0.671 bits per heavy atom. The van der Waals surface area contributed by atoms with E-state index in [2.05, 4.69) is 12.1 Å². The molecule has 9 aromatic carbocycles. The Kier molecular flexibility index (Phi) is 14.5. The summed E-state index contributed by atoms with van der Waals surface area (Å²) < 4.78 is 0. The van der Waals surface area contributed by atoms with Crippen molar-refractivity contribution < 1.29 is 20.4 Å². The van der Waals surface area contributed by atoms with Gasteiger partial charge in [0.1, 0.15) is 23.0 Å². The Morgan fingerprint density at radius 1 is 0.243 bits per heavy atom. The second-order valence-corrected chi connectivity index (χ2v) is 16.8. The average Bonchev–Trinajstić information content (AvgIpc) is 3.40. The summed E-state index contributed by atoms with van der Waals surface area (Å²) in [6.45, 7) is 1.04. The second-order valence-electron chi connectivity index (χ2n) is 16.8. The van der Waals surface area contributed by atoms with Gasteiger partial charge in [-0.15, -0.1) is 0 Å². The highest BCUT2D eigenvalue weighted by Gasteiger charge is 2.13. The van der Waals surface area contributed by atoms with Crippen molar-refractivity contribution in [2.24, 2.45) is 20.0 Å². The van der Waals surface area contributed by atoms with Gasteiger partial charge in [-0.2, -0.15) is 0 Å². The third-order valence-corrected chi connectivity index (χ3v) is 12.0. The summed E-state index contributed by atoms with van der Waals surface area (Å²) in [6.07, 6.45) is 6.76. The number of phenolic OH excluding ortho intramolecular Hbond substituents is 4. The maximum absolute atomic E-state index is 10.9. The van der Waals surface area contributed by atoms with Crippen molar-refractivity contribution in [2.45, 2.75) is 26.2 Å². The van der Waals surface area contributed by atoms with Crippen LogP contribution < -0.4 is 0 Å². The summed E-state index contributed by atoms with van der Waals surface area (Å²) in [5, 5.41) is 43.6. The van der Waals surface area contributed by atoms with E-state index in [0.29, 0.717) is 22.3 Å². The number of phenols is 4. The van der Waals surface area contributed by atoms with Gasteiger partial charge in [-0.25, -0.2) is 0 Å². The topological polar surface area (TPSA) is 130 Å². The highest BCUT2D eigenvalue weighted by atomic mass is 16.3. The van der Waals surface area contributed by atoms with Crippen LogP contribution in [-0.4, -0.2) is 45.3 Å². The van der Waals surface area contributed by atoms with E-state index in [0.717, 1.165) is 66.8 Å². The van der Waals surface area contributed by atoms with E-state index in [-0.39, 0.29) is 49.2 Å². The van der Waals surface area contributed by atoms with E-state index in [1.807, 2.05) is 170 Å². The zero-order valence-electron chi connectivity index (χ0n) is 38.3. The molecule has 70 heavy (non-hydrogen) atoms. The van der Waals surface area contributed by atoms with Gasteiger partial charge in [0, 0.05) is 47.1 Å². The van der Waals surface area contributed by atoms with Crippen LogP contribution in [0.25, 0.3) is 44.5 Å². The van der Waals surface area contributed by atoms with Crippen LogP contribution in [0.2, 0.25) is 0 Å². The van der Waals surface area contributed by atoms with E-state index in [1.54, 1.807) is 49.1 Å². The molecule has 0 spiro atoms. The van der Waals surface area contributed by atoms with Gasteiger partial charge in [0.15, 0.2) is 0 Å². The normalized spacial score (nSPS) is 11.7. The standard InChI is InChI=1S/C62H50N4O4/c67-59-25-21-47(43-13-5-1-6-14-43)29-55(59)39-63-35-51-33-53(37-65-41-57-31-49(23-27-61(57)69)45-17-9-3-10-18-45)54(38-66-42-58-32-50(24-28-62(58)70)46-19-11-4-12-20-46)34-52(51)36-64-40-56-30-48(22-26-60(56)68)44-15-7-2-8-16-44/h1-34,39-42,67-70H,35-38H2. The smallest absolute Gasteiger partial charge is 0.124 e. The first-order chi connectivity index (χ1) is 34.3. The van der Waals surface area contributed by atoms with Gasteiger partial charge < -0.3 is 20.4 Å². The first-order valence-corrected chi connectivity index (χ1v) is 23.0. The summed E-state index contributed by atoms with van der Waals surface area (Å²) >= 11 is 0. The van der Waals surface area contributed by atoms with Gasteiger partial charge in [-0.3, -0.25) is 20.0 Å². The first kappa shape index (κ1) is 46.0. The van der Waals surface area contributed by atoms with Crippen molar-refractivity contribution in [1.29, 1.82) is 0 Å². The van der Waals surface area contributed by atoms with E-state index >= 15 is 0 Å². The minimum atomic E-state index is 0.119. The Bertz CT molecular complexity index is 2910. The van der Waals surface area contributed by atoms with Crippen molar-refractivity contribution in [2.75, 3.05) is 0 Å². The largest absolute Gasteiger partial charge is 0.507 e. The lowest BCUT2D eigenvalue weighted by atomic mass is 9.97. The molecule has 9 rings (SSSR count). The van der Waals surface area contributed by atoms with Crippen LogP contribution in [0.15, 0.2) is 226 Å². The van der Waals surface area contributed by atoms with Gasteiger partial charge in [0.25, 0.3) is 0 Å². The van der Waals surface area contributed by atoms with Crippen LogP contribution in [0.1, 0.15) is 44.5 Å². The zero-order chi connectivity index (χ0) is 48.1. The van der Waals surface area contributed by atoms with Crippen LogP contribution in [-0.2, 0) is 26.2 Å². The van der Waals surface area contributed by atoms with Crippen LogP contribution in [0.3, 0.4) is 0 Å². The molecule has 0 saturated carbocycles. The zero-order valence-corrected chi connectivity index (χ0v) is 38.3. The number of aliphatic imine (C=N–C) groups is 4. The predicted octanol–water partition coefficient (Wildman–Crippen LogP) is 13.7. The third-order valence-electron chi connectivity index (χ3n) is 12.0. The van der Waals surface area contributed by atoms with Crippen molar-refractivity contribution in [1.82, 2.24) is 0 Å². The van der Waals surface area contributed by atoms with Gasteiger partial charge in [0.2, 0.25) is 0 Å². The maximum Gasteiger partial charge on any atom is 0.124 e. The predicted molar refractivity (Wildman–Crippen MR) is 286 cm³/mol. The molecule has 0 bridgehead atoms. The summed E-state index contributed by atoms with van der Waals surface area (Å²) in [4.78, 5) is 19.5. The van der Waals surface area contributed by atoms with Gasteiger partial charge in [0.05, 0.1) is 26.2 Å². The number of hydrogen-bond acceptors (Lipinski definition) is 8. The molecule has 0 unspecified atom stereocenters. The molecular weight excluding hydrogens is 865 g/mol. The molecule has 8 heteroatoms. The molecule has 342 valence electrons. The number of aromatic hydroxyl groups is 4. The lowest BCUT2D eigenvalue weighted by Gasteiger charge is -2.14. The summed E-state index contributed by atoms with van der Waals surface area (Å²) in [5.74, 6) is 0.478. The minimum Gasteiger partial charge on any atom is -0.507 e. The molecule has 8 nitrogen and oxygen atoms in total. The van der Waals surface area contributed by atoms with Crippen LogP contribution in [0.4, 0.5) is 0 Å². The fourth-order valence-electron chi connectivity index (χ4n) is 8.22. The van der Waals surface area contributed by atoms with Crippen molar-refractivity contribution >= 4 is 24.9 Å². The van der Waals surface area contributed by atoms with Gasteiger partial charge >= 0.3 is 0 Å². The molecule has 0 aliphatic heterocycles. The lowest BCUT2D eigenvalue weighted by Crippen LogP contribution is -2.02.